The first-order valence-electron chi connectivity index (χ1n) is 9.00. The van der Waals surface area contributed by atoms with Gasteiger partial charge in [-0.1, -0.05) is 38.1 Å². The van der Waals surface area contributed by atoms with Gasteiger partial charge in [-0.3, -0.25) is 14.6 Å². The lowest BCUT2D eigenvalue weighted by molar-refractivity contribution is -0.142. The second-order valence-corrected chi connectivity index (χ2v) is 7.16. The van der Waals surface area contributed by atoms with E-state index in [0.29, 0.717) is 12.0 Å². The molecule has 27 heavy (non-hydrogen) atoms. The summed E-state index contributed by atoms with van der Waals surface area (Å²) in [6.07, 6.45) is 2.18. The summed E-state index contributed by atoms with van der Waals surface area (Å²) in [4.78, 5) is 27.4. The van der Waals surface area contributed by atoms with Crippen molar-refractivity contribution in [3.63, 3.8) is 0 Å². The van der Waals surface area contributed by atoms with Crippen LogP contribution < -0.4 is 5.32 Å². The van der Waals surface area contributed by atoms with Crippen molar-refractivity contribution >= 4 is 11.9 Å². The molecule has 6 heteroatoms. The molecule has 2 aromatic rings. The van der Waals surface area contributed by atoms with Crippen LogP contribution in [0.2, 0.25) is 0 Å². The molecule has 2 atom stereocenters. The van der Waals surface area contributed by atoms with Gasteiger partial charge in [0, 0.05) is 18.3 Å². The molecule has 2 rings (SSSR count). The Labute approximate surface area is 159 Å². The number of nitrogens with zero attached hydrogens (tertiary/aromatic N) is 1. The Kier molecular flexibility index (Phi) is 7.07. The van der Waals surface area contributed by atoms with Gasteiger partial charge in [0.1, 0.15) is 6.04 Å². The zero-order valence-electron chi connectivity index (χ0n) is 15.8. The van der Waals surface area contributed by atoms with Crippen LogP contribution in [-0.2, 0) is 9.59 Å². The van der Waals surface area contributed by atoms with Gasteiger partial charge >= 0.3 is 11.9 Å². The minimum absolute atomic E-state index is 0.0566. The van der Waals surface area contributed by atoms with Crippen molar-refractivity contribution in [1.82, 2.24) is 10.3 Å². The molecular weight excluding hydrogens is 344 g/mol. The number of hydrogen-bond acceptors (Lipinski definition) is 4. The third kappa shape index (κ3) is 5.89. The van der Waals surface area contributed by atoms with E-state index in [1.165, 1.54) is 0 Å². The number of pyridine rings is 1. The Morgan fingerprint density at radius 3 is 2.26 bits per heavy atom. The van der Waals surface area contributed by atoms with Crippen LogP contribution in [0.25, 0.3) is 11.3 Å². The minimum Gasteiger partial charge on any atom is -0.481 e. The molecule has 0 aliphatic heterocycles. The van der Waals surface area contributed by atoms with E-state index in [-0.39, 0.29) is 12.5 Å². The Morgan fingerprint density at radius 2 is 1.74 bits per heavy atom. The quantitative estimate of drug-likeness (QED) is 0.626. The maximum atomic E-state index is 11.7. The van der Waals surface area contributed by atoms with Crippen LogP contribution in [0, 0.1) is 12.8 Å². The van der Waals surface area contributed by atoms with Crippen molar-refractivity contribution in [2.75, 3.05) is 6.54 Å². The summed E-state index contributed by atoms with van der Waals surface area (Å²) in [7, 11) is 0. The zero-order chi connectivity index (χ0) is 20.0. The summed E-state index contributed by atoms with van der Waals surface area (Å²) in [6.45, 7) is 5.91. The fourth-order valence-electron chi connectivity index (χ4n) is 2.93. The second-order valence-electron chi connectivity index (χ2n) is 7.16. The monoisotopic (exact) mass is 370 g/mol. The van der Waals surface area contributed by atoms with Crippen LogP contribution in [0.15, 0.2) is 42.6 Å². The Bertz CT molecular complexity index is 787. The maximum Gasteiger partial charge on any atom is 0.320 e. The number of carboxylic acid groups (broad SMARTS) is 2. The smallest absolute Gasteiger partial charge is 0.320 e. The van der Waals surface area contributed by atoms with E-state index in [2.05, 4.69) is 10.3 Å². The minimum atomic E-state index is -0.988. The summed E-state index contributed by atoms with van der Waals surface area (Å²) in [5.74, 6) is -2.58. The molecule has 6 nitrogen and oxygen atoms in total. The average Bonchev–Trinajstić information content (AvgIpc) is 2.60. The lowest BCUT2D eigenvalue weighted by atomic mass is 9.96. The van der Waals surface area contributed by atoms with Gasteiger partial charge in [0.15, 0.2) is 0 Å². The molecule has 0 radical (unpaired) electrons. The van der Waals surface area contributed by atoms with Crippen LogP contribution in [-0.4, -0.2) is 39.7 Å². The SMILES string of the molecule is Cc1ccnc(-c2ccc(C(CNC(CC(C)C)C(=O)O)C(=O)O)cc2)c1. The van der Waals surface area contributed by atoms with Gasteiger partial charge in [-0.05, 0) is 42.5 Å². The highest BCUT2D eigenvalue weighted by Gasteiger charge is 2.24. The molecule has 0 aliphatic carbocycles. The molecule has 3 N–H and O–H groups in total. The molecule has 0 bridgehead atoms. The van der Waals surface area contributed by atoms with Gasteiger partial charge in [0.05, 0.1) is 11.6 Å². The van der Waals surface area contributed by atoms with Gasteiger partial charge in [0.2, 0.25) is 0 Å². The van der Waals surface area contributed by atoms with Crippen LogP contribution in [0.1, 0.15) is 37.3 Å². The van der Waals surface area contributed by atoms with Crippen molar-refractivity contribution in [3.05, 3.63) is 53.7 Å². The van der Waals surface area contributed by atoms with Gasteiger partial charge in [-0.25, -0.2) is 0 Å². The number of nitrogens with one attached hydrogen (secondary N) is 1. The third-order valence-corrected chi connectivity index (χ3v) is 4.40. The standard InChI is InChI=1S/C21H26N2O4/c1-13(2)10-19(21(26)27)23-12-17(20(24)25)15-4-6-16(7-5-15)18-11-14(3)8-9-22-18/h4-9,11,13,17,19,23H,10,12H2,1-3H3,(H,24,25)(H,26,27). The van der Waals surface area contributed by atoms with Crippen LogP contribution in [0.5, 0.6) is 0 Å². The number of rotatable bonds is 9. The molecule has 0 aliphatic rings. The summed E-state index contributed by atoms with van der Waals surface area (Å²) in [5.41, 5.74) is 3.46. The highest BCUT2D eigenvalue weighted by Crippen LogP contribution is 2.22. The predicted octanol–water partition coefficient (Wildman–Crippen LogP) is 3.31. The first kappa shape index (κ1) is 20.6. The molecule has 2 unspecified atom stereocenters. The van der Waals surface area contributed by atoms with E-state index in [0.717, 1.165) is 16.8 Å². The van der Waals surface area contributed by atoms with Crippen molar-refractivity contribution < 1.29 is 19.8 Å². The largest absolute Gasteiger partial charge is 0.481 e. The molecule has 0 saturated carbocycles. The summed E-state index contributed by atoms with van der Waals surface area (Å²) in [6, 6.07) is 10.3. The lowest BCUT2D eigenvalue weighted by Gasteiger charge is -2.20. The van der Waals surface area contributed by atoms with Crippen LogP contribution >= 0.6 is 0 Å². The molecule has 0 amide bonds. The number of aromatic nitrogens is 1. The van der Waals surface area contributed by atoms with Crippen molar-refractivity contribution in [2.45, 2.75) is 39.2 Å². The molecule has 144 valence electrons. The van der Waals surface area contributed by atoms with Crippen LogP contribution in [0.3, 0.4) is 0 Å². The first-order valence-corrected chi connectivity index (χ1v) is 9.00. The normalized spacial score (nSPS) is 13.3. The van der Waals surface area contributed by atoms with E-state index in [4.69, 9.17) is 0 Å². The number of aryl methyl sites for hydroxylation is 1. The van der Waals surface area contributed by atoms with Gasteiger partial charge in [-0.15, -0.1) is 0 Å². The highest BCUT2D eigenvalue weighted by molar-refractivity contribution is 5.77. The first-order chi connectivity index (χ1) is 12.8. The number of benzene rings is 1. The van der Waals surface area contributed by atoms with Gasteiger partial charge in [-0.2, -0.15) is 0 Å². The summed E-state index contributed by atoms with van der Waals surface area (Å²) < 4.78 is 0. The number of carboxylic acids is 2. The van der Waals surface area contributed by atoms with Gasteiger partial charge in [0.25, 0.3) is 0 Å². The third-order valence-electron chi connectivity index (χ3n) is 4.40. The Morgan fingerprint density at radius 1 is 1.07 bits per heavy atom. The van der Waals surface area contributed by atoms with E-state index in [9.17, 15) is 19.8 Å². The van der Waals surface area contributed by atoms with Gasteiger partial charge < -0.3 is 15.5 Å². The highest BCUT2D eigenvalue weighted by atomic mass is 16.4. The Hall–Kier alpha value is -2.73. The number of aliphatic carboxylic acids is 2. The molecule has 0 fully saturated rings. The maximum absolute atomic E-state index is 11.7. The van der Waals surface area contributed by atoms with E-state index < -0.39 is 23.9 Å². The summed E-state index contributed by atoms with van der Waals surface area (Å²) >= 11 is 0. The van der Waals surface area contributed by atoms with E-state index in [1.807, 2.05) is 45.0 Å². The number of hydrogen-bond donors (Lipinski definition) is 3. The van der Waals surface area contributed by atoms with Crippen molar-refractivity contribution in [1.29, 1.82) is 0 Å². The Balaban J connectivity index is 2.14. The van der Waals surface area contributed by atoms with E-state index >= 15 is 0 Å². The zero-order valence-corrected chi connectivity index (χ0v) is 15.8. The molecule has 0 spiro atoms. The fourth-order valence-corrected chi connectivity index (χ4v) is 2.93. The average molecular weight is 370 g/mol. The molecule has 1 aromatic carbocycles. The van der Waals surface area contributed by atoms with Crippen LogP contribution in [0.4, 0.5) is 0 Å². The molecule has 0 saturated heterocycles. The second kappa shape index (κ2) is 9.28. The fraction of sp³-hybridized carbons (Fsp3) is 0.381. The molecular formula is C21H26N2O4. The predicted molar refractivity (Wildman–Crippen MR) is 104 cm³/mol. The van der Waals surface area contributed by atoms with Crippen molar-refractivity contribution in [2.24, 2.45) is 5.92 Å². The van der Waals surface area contributed by atoms with E-state index in [1.54, 1.807) is 18.3 Å². The van der Waals surface area contributed by atoms with Crippen molar-refractivity contribution in [3.8, 4) is 11.3 Å². The number of carbonyl (C=O) groups is 2. The lowest BCUT2D eigenvalue weighted by Crippen LogP contribution is -2.41. The molecule has 1 heterocycles. The molecule has 1 aromatic heterocycles. The summed E-state index contributed by atoms with van der Waals surface area (Å²) in [5, 5.41) is 21.8. The topological polar surface area (TPSA) is 99.5 Å².